The highest BCUT2D eigenvalue weighted by Crippen LogP contribution is 2.21. The van der Waals surface area contributed by atoms with Crippen molar-refractivity contribution in [2.45, 2.75) is 20.3 Å². The summed E-state index contributed by atoms with van der Waals surface area (Å²) in [6, 6.07) is 6.63. The van der Waals surface area contributed by atoms with Gasteiger partial charge in [-0.2, -0.15) is 0 Å². The maximum atomic E-state index is 12.3. The van der Waals surface area contributed by atoms with Crippen LogP contribution in [-0.2, 0) is 19.6 Å². The van der Waals surface area contributed by atoms with Crippen LogP contribution in [0.25, 0.3) is 0 Å². The van der Waals surface area contributed by atoms with E-state index in [4.69, 9.17) is 10.5 Å². The van der Waals surface area contributed by atoms with E-state index in [-0.39, 0.29) is 25.3 Å². The molecule has 0 saturated heterocycles. The Kier molecular flexibility index (Phi) is 5.82. The van der Waals surface area contributed by atoms with Crippen molar-refractivity contribution in [3.63, 3.8) is 0 Å². The van der Waals surface area contributed by atoms with Crippen LogP contribution in [0.4, 0.5) is 11.4 Å². The fourth-order valence-corrected chi connectivity index (χ4v) is 3.25. The summed E-state index contributed by atoms with van der Waals surface area (Å²) in [6.07, 6.45) is -0.158. The zero-order chi connectivity index (χ0) is 15.2. The van der Waals surface area contributed by atoms with E-state index in [2.05, 4.69) is 0 Å². The number of sulfonamides is 1. The number of ether oxygens (including phenoxy) is 1. The first-order chi connectivity index (χ1) is 9.40. The van der Waals surface area contributed by atoms with Crippen LogP contribution in [0.5, 0.6) is 0 Å². The molecule has 0 fully saturated rings. The van der Waals surface area contributed by atoms with E-state index >= 15 is 0 Å². The number of anilines is 2. The minimum atomic E-state index is -3.58. The van der Waals surface area contributed by atoms with Gasteiger partial charge in [0.15, 0.2) is 0 Å². The first kappa shape index (κ1) is 16.3. The monoisotopic (exact) mass is 300 g/mol. The van der Waals surface area contributed by atoms with Gasteiger partial charge in [0.25, 0.3) is 0 Å². The average Bonchev–Trinajstić information content (AvgIpc) is 2.37. The highest BCUT2D eigenvalue weighted by Gasteiger charge is 2.22. The fourth-order valence-electron chi connectivity index (χ4n) is 1.78. The predicted molar refractivity (Wildman–Crippen MR) is 78.9 cm³/mol. The second-order valence-electron chi connectivity index (χ2n) is 4.13. The largest absolute Gasteiger partial charge is 0.466 e. The van der Waals surface area contributed by atoms with Crippen molar-refractivity contribution in [3.8, 4) is 0 Å². The Morgan fingerprint density at radius 1 is 1.35 bits per heavy atom. The van der Waals surface area contributed by atoms with Crippen LogP contribution in [-0.4, -0.2) is 33.3 Å². The molecule has 112 valence electrons. The second kappa shape index (κ2) is 7.14. The van der Waals surface area contributed by atoms with Gasteiger partial charge in [-0.1, -0.05) is 6.07 Å². The molecular formula is C13H20N2O4S. The number of hydrogen-bond donors (Lipinski definition) is 1. The number of carbonyl (C=O) groups is 1. The molecule has 1 aromatic carbocycles. The third-order valence-corrected chi connectivity index (χ3v) is 4.51. The Labute approximate surface area is 119 Å². The lowest BCUT2D eigenvalue weighted by Gasteiger charge is -2.22. The van der Waals surface area contributed by atoms with E-state index in [9.17, 15) is 13.2 Å². The molecule has 0 radical (unpaired) electrons. The van der Waals surface area contributed by atoms with Gasteiger partial charge in [-0.25, -0.2) is 8.42 Å². The topological polar surface area (TPSA) is 89.7 Å². The number of rotatable bonds is 7. The van der Waals surface area contributed by atoms with Gasteiger partial charge in [-0.15, -0.1) is 0 Å². The summed E-state index contributed by atoms with van der Waals surface area (Å²) in [5.74, 6) is -0.797. The van der Waals surface area contributed by atoms with Crippen LogP contribution in [0.1, 0.15) is 20.3 Å². The lowest BCUT2D eigenvalue weighted by Crippen LogP contribution is -2.33. The Balaban J connectivity index is 2.85. The Hall–Kier alpha value is -1.76. The molecule has 2 N–H and O–H groups in total. The van der Waals surface area contributed by atoms with Gasteiger partial charge < -0.3 is 10.5 Å². The summed E-state index contributed by atoms with van der Waals surface area (Å²) in [6.45, 7) is 3.92. The smallest absolute Gasteiger partial charge is 0.306 e. The number of nitrogens with two attached hydrogens (primary N) is 1. The molecule has 1 aromatic rings. The molecule has 0 heterocycles. The maximum Gasteiger partial charge on any atom is 0.306 e. The van der Waals surface area contributed by atoms with Crippen LogP contribution in [0.15, 0.2) is 24.3 Å². The summed E-state index contributed by atoms with van der Waals surface area (Å²) in [5.41, 5.74) is 6.64. The third kappa shape index (κ3) is 4.41. The van der Waals surface area contributed by atoms with E-state index in [1.807, 2.05) is 0 Å². The third-order valence-electron chi connectivity index (χ3n) is 2.65. The van der Waals surface area contributed by atoms with Gasteiger partial charge in [0.1, 0.15) is 0 Å². The number of hydrogen-bond acceptors (Lipinski definition) is 5. The molecule has 0 aromatic heterocycles. The van der Waals surface area contributed by atoms with Crippen LogP contribution in [0.2, 0.25) is 0 Å². The Morgan fingerprint density at radius 2 is 2.05 bits per heavy atom. The van der Waals surface area contributed by atoms with Crippen molar-refractivity contribution in [1.29, 1.82) is 0 Å². The zero-order valence-corrected chi connectivity index (χ0v) is 12.5. The minimum Gasteiger partial charge on any atom is -0.466 e. The Bertz CT molecular complexity index is 557. The molecule has 0 aliphatic rings. The van der Waals surface area contributed by atoms with Gasteiger partial charge in [-0.3, -0.25) is 9.10 Å². The standard InChI is InChI=1S/C13H20N2O4S/c1-3-15(12-7-5-6-11(14)10-12)20(17,18)9-8-13(16)19-4-2/h5-7,10H,3-4,8-9,14H2,1-2H3. The van der Waals surface area contributed by atoms with Crippen LogP contribution in [0.3, 0.4) is 0 Å². The van der Waals surface area contributed by atoms with E-state index in [1.54, 1.807) is 38.1 Å². The fraction of sp³-hybridized carbons (Fsp3) is 0.462. The summed E-state index contributed by atoms with van der Waals surface area (Å²) >= 11 is 0. The van der Waals surface area contributed by atoms with Crippen LogP contribution >= 0.6 is 0 Å². The SMILES string of the molecule is CCOC(=O)CCS(=O)(=O)N(CC)c1cccc(N)c1. The number of benzene rings is 1. The lowest BCUT2D eigenvalue weighted by atomic mass is 10.3. The van der Waals surface area contributed by atoms with Crippen molar-refractivity contribution >= 4 is 27.4 Å². The quantitative estimate of drug-likeness (QED) is 0.607. The van der Waals surface area contributed by atoms with Crippen molar-refractivity contribution in [2.75, 3.05) is 28.9 Å². The molecule has 1 rings (SSSR count). The predicted octanol–water partition coefficient (Wildman–Crippen LogP) is 1.38. The number of nitrogens with zero attached hydrogens (tertiary/aromatic N) is 1. The minimum absolute atomic E-state index is 0.158. The summed E-state index contributed by atoms with van der Waals surface area (Å²) in [7, 11) is -3.58. The van der Waals surface area contributed by atoms with Crippen molar-refractivity contribution < 1.29 is 17.9 Å². The maximum absolute atomic E-state index is 12.3. The molecule has 0 amide bonds. The molecule has 0 saturated carbocycles. The average molecular weight is 300 g/mol. The van der Waals surface area contributed by atoms with Crippen LogP contribution < -0.4 is 10.0 Å². The molecule has 0 unspecified atom stereocenters. The highest BCUT2D eigenvalue weighted by molar-refractivity contribution is 7.92. The molecule has 7 heteroatoms. The molecule has 6 nitrogen and oxygen atoms in total. The van der Waals surface area contributed by atoms with Crippen LogP contribution in [0, 0.1) is 0 Å². The number of esters is 1. The molecule has 0 spiro atoms. The molecule has 0 bridgehead atoms. The molecule has 0 atom stereocenters. The van der Waals surface area contributed by atoms with Crippen molar-refractivity contribution in [3.05, 3.63) is 24.3 Å². The van der Waals surface area contributed by atoms with Gasteiger partial charge in [0.2, 0.25) is 10.0 Å². The van der Waals surface area contributed by atoms with E-state index in [0.717, 1.165) is 0 Å². The number of carbonyl (C=O) groups excluding carboxylic acids is 1. The molecular weight excluding hydrogens is 280 g/mol. The molecule has 0 aliphatic heterocycles. The van der Waals surface area contributed by atoms with Crippen molar-refractivity contribution in [1.82, 2.24) is 0 Å². The molecule has 0 aliphatic carbocycles. The molecule has 20 heavy (non-hydrogen) atoms. The van der Waals surface area contributed by atoms with E-state index in [1.165, 1.54) is 4.31 Å². The van der Waals surface area contributed by atoms with Crippen molar-refractivity contribution in [2.24, 2.45) is 0 Å². The zero-order valence-electron chi connectivity index (χ0n) is 11.7. The summed E-state index contributed by atoms with van der Waals surface area (Å²) in [4.78, 5) is 11.3. The first-order valence-corrected chi connectivity index (χ1v) is 8.03. The normalized spacial score (nSPS) is 11.1. The van der Waals surface area contributed by atoms with E-state index in [0.29, 0.717) is 11.4 Å². The Morgan fingerprint density at radius 3 is 2.60 bits per heavy atom. The second-order valence-corrected chi connectivity index (χ2v) is 6.14. The van der Waals surface area contributed by atoms with Gasteiger partial charge in [0, 0.05) is 12.2 Å². The lowest BCUT2D eigenvalue weighted by molar-refractivity contribution is -0.142. The van der Waals surface area contributed by atoms with Gasteiger partial charge in [-0.05, 0) is 32.0 Å². The summed E-state index contributed by atoms with van der Waals surface area (Å²) in [5, 5.41) is 0. The summed E-state index contributed by atoms with van der Waals surface area (Å²) < 4.78 is 30.5. The van der Waals surface area contributed by atoms with Gasteiger partial charge >= 0.3 is 5.97 Å². The number of nitrogen functional groups attached to an aromatic ring is 1. The van der Waals surface area contributed by atoms with E-state index < -0.39 is 16.0 Å². The highest BCUT2D eigenvalue weighted by atomic mass is 32.2. The first-order valence-electron chi connectivity index (χ1n) is 6.42. The van der Waals surface area contributed by atoms with Gasteiger partial charge in [0.05, 0.1) is 24.5 Å².